The van der Waals surface area contributed by atoms with E-state index in [9.17, 15) is 9.59 Å². The molecule has 27 heavy (non-hydrogen) atoms. The number of fused-ring (bicyclic) bond motifs is 2. The molecule has 0 radical (unpaired) electrons. The number of hydrogen-bond acceptors (Lipinski definition) is 6. The van der Waals surface area contributed by atoms with Gasteiger partial charge in [0.15, 0.2) is 0 Å². The first-order valence-electron chi connectivity index (χ1n) is 9.31. The summed E-state index contributed by atoms with van der Waals surface area (Å²) in [6.45, 7) is 1.40. The fourth-order valence-corrected chi connectivity index (χ4v) is 4.24. The van der Waals surface area contributed by atoms with Crippen LogP contribution in [0.5, 0.6) is 0 Å². The number of likely N-dealkylation sites (tertiary alicyclic amines) is 1. The van der Waals surface area contributed by atoms with E-state index in [1.165, 1.54) is 16.3 Å². The molecule has 1 unspecified atom stereocenters. The van der Waals surface area contributed by atoms with Crippen molar-refractivity contribution in [3.63, 3.8) is 0 Å². The topological polar surface area (TPSA) is 84.2 Å². The molecular formula is C19H24N6O2. The molecule has 2 aromatic rings. The summed E-state index contributed by atoms with van der Waals surface area (Å²) in [5, 5.41) is 0. The Bertz CT molecular complexity index is 920. The predicted molar refractivity (Wildman–Crippen MR) is 101 cm³/mol. The smallest absolute Gasteiger partial charge is 0.347 e. The average Bonchev–Trinajstić information content (AvgIpc) is 3.01. The lowest BCUT2D eigenvalue weighted by Crippen LogP contribution is -2.49. The van der Waals surface area contributed by atoms with Crippen molar-refractivity contribution in [2.24, 2.45) is 0 Å². The van der Waals surface area contributed by atoms with Crippen LogP contribution in [0.25, 0.3) is 0 Å². The van der Waals surface area contributed by atoms with E-state index in [2.05, 4.69) is 9.97 Å². The molecule has 1 aliphatic carbocycles. The summed E-state index contributed by atoms with van der Waals surface area (Å²) in [4.78, 5) is 41.4. The quantitative estimate of drug-likeness (QED) is 0.789. The highest BCUT2D eigenvalue weighted by atomic mass is 16.2. The zero-order valence-electron chi connectivity index (χ0n) is 15.8. The van der Waals surface area contributed by atoms with Crippen molar-refractivity contribution < 1.29 is 4.79 Å². The fraction of sp³-hybridized carbons (Fsp3) is 0.526. The maximum Gasteiger partial charge on any atom is 0.347 e. The molecule has 3 heterocycles. The second-order valence-electron chi connectivity index (χ2n) is 7.67. The minimum absolute atomic E-state index is 0.0301. The van der Waals surface area contributed by atoms with Crippen LogP contribution in [0.15, 0.2) is 29.5 Å². The molecule has 1 amide bonds. The first-order valence-corrected chi connectivity index (χ1v) is 9.31. The van der Waals surface area contributed by atoms with Gasteiger partial charge in [-0.3, -0.25) is 9.36 Å². The summed E-state index contributed by atoms with van der Waals surface area (Å²) in [6.07, 6.45) is 8.89. The van der Waals surface area contributed by atoms with Crippen molar-refractivity contribution in [3.8, 4) is 0 Å². The highest BCUT2D eigenvalue weighted by Crippen LogP contribution is 2.44. The second kappa shape index (κ2) is 6.75. The summed E-state index contributed by atoms with van der Waals surface area (Å²) < 4.78 is 1.36. The maximum absolute atomic E-state index is 12.8. The van der Waals surface area contributed by atoms with Gasteiger partial charge in [-0.05, 0) is 37.3 Å². The largest absolute Gasteiger partial charge is 0.347 e. The van der Waals surface area contributed by atoms with E-state index in [0.29, 0.717) is 12.5 Å². The zero-order valence-corrected chi connectivity index (χ0v) is 15.8. The van der Waals surface area contributed by atoms with Crippen LogP contribution in [-0.4, -0.2) is 57.5 Å². The predicted octanol–water partition coefficient (Wildman–Crippen LogP) is 0.606. The summed E-state index contributed by atoms with van der Waals surface area (Å²) in [5.74, 6) is 0.667. The number of anilines is 1. The van der Waals surface area contributed by atoms with Gasteiger partial charge in [0.05, 0.1) is 5.69 Å². The third kappa shape index (κ3) is 3.20. The lowest BCUT2D eigenvalue weighted by Gasteiger charge is -2.40. The zero-order chi connectivity index (χ0) is 19.0. The molecule has 1 atom stereocenters. The summed E-state index contributed by atoms with van der Waals surface area (Å²) in [5.41, 5.74) is 1.79. The summed E-state index contributed by atoms with van der Waals surface area (Å²) in [7, 11) is 3.87. The van der Waals surface area contributed by atoms with Crippen LogP contribution < -0.4 is 10.6 Å². The molecule has 0 aromatic carbocycles. The van der Waals surface area contributed by atoms with Gasteiger partial charge in [-0.15, -0.1) is 0 Å². The number of rotatable bonds is 3. The standard InChI is InChI=1S/C19H24N6O2/c1-23(2)17-21-11-14-5-7-19(16(14)22-17)6-3-9-25(13-19)15(26)12-24-10-4-8-20-18(24)27/h4,8,10-11H,3,5-7,9,12-13H2,1-2H3. The molecule has 0 N–H and O–H groups in total. The van der Waals surface area contributed by atoms with Crippen LogP contribution in [0.2, 0.25) is 0 Å². The number of aryl methyl sites for hydroxylation is 1. The molecule has 8 nitrogen and oxygen atoms in total. The van der Waals surface area contributed by atoms with Crippen LogP contribution >= 0.6 is 0 Å². The first-order chi connectivity index (χ1) is 13.0. The van der Waals surface area contributed by atoms with E-state index in [4.69, 9.17) is 4.98 Å². The van der Waals surface area contributed by atoms with Gasteiger partial charge in [-0.1, -0.05) is 0 Å². The average molecular weight is 368 g/mol. The number of carbonyl (C=O) groups is 1. The van der Waals surface area contributed by atoms with Gasteiger partial charge in [-0.25, -0.2) is 19.7 Å². The van der Waals surface area contributed by atoms with Crippen LogP contribution in [-0.2, 0) is 23.2 Å². The van der Waals surface area contributed by atoms with Crippen molar-refractivity contribution >= 4 is 11.9 Å². The Kier molecular flexibility index (Phi) is 4.41. The van der Waals surface area contributed by atoms with Crippen LogP contribution in [0, 0.1) is 0 Å². The van der Waals surface area contributed by atoms with Crippen molar-refractivity contribution in [2.45, 2.75) is 37.6 Å². The molecule has 142 valence electrons. The third-order valence-corrected chi connectivity index (χ3v) is 5.64. The van der Waals surface area contributed by atoms with Crippen molar-refractivity contribution in [1.29, 1.82) is 0 Å². The molecule has 0 saturated carbocycles. The van der Waals surface area contributed by atoms with Crippen LogP contribution in [0.3, 0.4) is 0 Å². The molecule has 2 aliphatic rings. The SMILES string of the molecule is CN(C)c1ncc2c(n1)C1(CCCN(C(=O)Cn3cccnc3=O)C1)CC2. The van der Waals surface area contributed by atoms with E-state index in [1.807, 2.05) is 30.1 Å². The Labute approximate surface area is 157 Å². The molecule has 8 heteroatoms. The van der Waals surface area contributed by atoms with Gasteiger partial charge in [0.25, 0.3) is 0 Å². The highest BCUT2D eigenvalue weighted by Gasteiger charge is 2.44. The molecule has 4 rings (SSSR count). The summed E-state index contributed by atoms with van der Waals surface area (Å²) >= 11 is 0. The molecule has 1 saturated heterocycles. The molecular weight excluding hydrogens is 344 g/mol. The van der Waals surface area contributed by atoms with Gasteiger partial charge in [0.2, 0.25) is 11.9 Å². The van der Waals surface area contributed by atoms with Crippen molar-refractivity contribution in [1.82, 2.24) is 24.4 Å². The van der Waals surface area contributed by atoms with Gasteiger partial charge in [0, 0.05) is 51.2 Å². The maximum atomic E-state index is 12.8. The third-order valence-electron chi connectivity index (χ3n) is 5.64. The minimum Gasteiger partial charge on any atom is -0.347 e. The minimum atomic E-state index is -0.396. The Morgan fingerprint density at radius 1 is 1.30 bits per heavy atom. The van der Waals surface area contributed by atoms with E-state index in [1.54, 1.807) is 12.3 Å². The van der Waals surface area contributed by atoms with Gasteiger partial charge < -0.3 is 9.80 Å². The summed E-state index contributed by atoms with van der Waals surface area (Å²) in [6, 6.07) is 1.67. The number of hydrogen-bond donors (Lipinski definition) is 0. The number of carbonyl (C=O) groups excluding carboxylic acids is 1. The molecule has 2 aromatic heterocycles. The Balaban J connectivity index is 1.57. The first kappa shape index (κ1) is 17.6. The van der Waals surface area contributed by atoms with Gasteiger partial charge in [0.1, 0.15) is 6.54 Å². The Morgan fingerprint density at radius 3 is 2.93 bits per heavy atom. The molecule has 1 spiro atoms. The Morgan fingerprint density at radius 2 is 2.15 bits per heavy atom. The highest BCUT2D eigenvalue weighted by molar-refractivity contribution is 5.76. The Hall–Kier alpha value is -2.77. The number of amides is 1. The fourth-order valence-electron chi connectivity index (χ4n) is 4.24. The van der Waals surface area contributed by atoms with Crippen LogP contribution in [0.1, 0.15) is 30.5 Å². The molecule has 1 aliphatic heterocycles. The van der Waals surface area contributed by atoms with E-state index in [0.717, 1.165) is 37.9 Å². The number of nitrogens with zero attached hydrogens (tertiary/aromatic N) is 6. The molecule has 1 fully saturated rings. The van der Waals surface area contributed by atoms with Gasteiger partial charge in [-0.2, -0.15) is 0 Å². The lowest BCUT2D eigenvalue weighted by atomic mass is 9.77. The second-order valence-corrected chi connectivity index (χ2v) is 7.67. The lowest BCUT2D eigenvalue weighted by molar-refractivity contribution is -0.134. The van der Waals surface area contributed by atoms with E-state index >= 15 is 0 Å². The normalized spacial score (nSPS) is 21.3. The van der Waals surface area contributed by atoms with E-state index in [-0.39, 0.29) is 17.9 Å². The monoisotopic (exact) mass is 368 g/mol. The van der Waals surface area contributed by atoms with Crippen LogP contribution in [0.4, 0.5) is 5.95 Å². The van der Waals surface area contributed by atoms with Crippen molar-refractivity contribution in [2.75, 3.05) is 32.1 Å². The van der Waals surface area contributed by atoms with Gasteiger partial charge >= 0.3 is 5.69 Å². The van der Waals surface area contributed by atoms with E-state index < -0.39 is 5.69 Å². The molecule has 0 bridgehead atoms. The number of piperidine rings is 1. The van der Waals surface area contributed by atoms with Crippen molar-refractivity contribution in [3.05, 3.63) is 46.4 Å². The number of aromatic nitrogens is 4.